The average Bonchev–Trinajstić information content (AvgIpc) is 2.03. The van der Waals surface area contributed by atoms with Crippen molar-refractivity contribution in [2.24, 2.45) is 0 Å². The van der Waals surface area contributed by atoms with Crippen molar-refractivity contribution >= 4 is 0 Å². The summed E-state index contributed by atoms with van der Waals surface area (Å²) < 4.78 is 0. The molecule has 0 saturated carbocycles. The largest absolute Gasteiger partial charge is 0.349 e. The molecule has 0 atom stereocenters. The van der Waals surface area contributed by atoms with Crippen LogP contribution in [0.5, 0.6) is 0 Å². The molecule has 0 rings (SSSR count). The number of rotatable bonds is 5. The molecule has 0 aromatic heterocycles. The van der Waals surface area contributed by atoms with Crippen LogP contribution in [0.25, 0.3) is 0 Å². The van der Waals surface area contributed by atoms with Crippen molar-refractivity contribution in [3.8, 4) is 12.0 Å². The Balaban J connectivity index is 2.90. The van der Waals surface area contributed by atoms with E-state index < -0.39 is 0 Å². The fourth-order valence-corrected chi connectivity index (χ4v) is 0.968. The van der Waals surface area contributed by atoms with Gasteiger partial charge in [-0.15, -0.1) is 0 Å². The zero-order valence-corrected chi connectivity index (χ0v) is 7.74. The third-order valence-corrected chi connectivity index (χ3v) is 1.62. The minimum atomic E-state index is 1.05. The van der Waals surface area contributed by atoms with Crippen molar-refractivity contribution in [1.29, 1.82) is 0 Å². The lowest BCUT2D eigenvalue weighted by atomic mass is 10.1. The monoisotopic (exact) mass is 153 g/mol. The first-order valence-electron chi connectivity index (χ1n) is 4.56. The Hall–Kier alpha value is -0.640. The van der Waals surface area contributed by atoms with Crippen LogP contribution >= 0.6 is 0 Å². The number of hydrogen-bond donors (Lipinski definition) is 1. The van der Waals surface area contributed by atoms with Gasteiger partial charge in [0.2, 0.25) is 0 Å². The highest BCUT2D eigenvalue weighted by molar-refractivity contribution is 4.95. The second-order valence-corrected chi connectivity index (χ2v) is 2.72. The van der Waals surface area contributed by atoms with Crippen molar-refractivity contribution in [3.63, 3.8) is 0 Å². The van der Waals surface area contributed by atoms with Crippen molar-refractivity contribution in [2.45, 2.75) is 45.4 Å². The standard InChI is InChI=1S/C10H19N/c1-3-4-5-6-7-8-9-10-11-2/h11H,3-8H2,1-2H3. The van der Waals surface area contributed by atoms with E-state index in [0.717, 1.165) is 6.42 Å². The van der Waals surface area contributed by atoms with Gasteiger partial charge in [0.15, 0.2) is 0 Å². The van der Waals surface area contributed by atoms with Crippen LogP contribution in [-0.2, 0) is 0 Å². The molecule has 0 radical (unpaired) electrons. The second-order valence-electron chi connectivity index (χ2n) is 2.72. The molecule has 0 saturated heterocycles. The van der Waals surface area contributed by atoms with Gasteiger partial charge in [-0.3, -0.25) is 0 Å². The van der Waals surface area contributed by atoms with Gasteiger partial charge in [-0.2, -0.15) is 0 Å². The summed E-state index contributed by atoms with van der Waals surface area (Å²) in [4.78, 5) is 0. The molecule has 64 valence electrons. The van der Waals surface area contributed by atoms with Crippen LogP contribution in [0.1, 0.15) is 45.4 Å². The molecule has 0 spiro atoms. The van der Waals surface area contributed by atoms with Crippen LogP contribution in [0.15, 0.2) is 0 Å². The molecule has 0 bridgehead atoms. The van der Waals surface area contributed by atoms with Crippen molar-refractivity contribution in [1.82, 2.24) is 5.32 Å². The second kappa shape index (κ2) is 9.36. The molecule has 0 aromatic carbocycles. The highest BCUT2D eigenvalue weighted by atomic mass is 14.8. The zero-order valence-electron chi connectivity index (χ0n) is 7.74. The fraction of sp³-hybridized carbons (Fsp3) is 0.800. The Kier molecular flexibility index (Phi) is 8.82. The van der Waals surface area contributed by atoms with Crippen LogP contribution in [0.3, 0.4) is 0 Å². The van der Waals surface area contributed by atoms with Gasteiger partial charge in [-0.1, -0.05) is 38.5 Å². The third kappa shape index (κ3) is 9.36. The minimum Gasteiger partial charge on any atom is -0.349 e. The lowest BCUT2D eigenvalue weighted by Gasteiger charge is -1.94. The van der Waals surface area contributed by atoms with Gasteiger partial charge in [0.1, 0.15) is 0 Å². The maximum Gasteiger partial charge on any atom is 0.0116 e. The first-order chi connectivity index (χ1) is 5.41. The van der Waals surface area contributed by atoms with Gasteiger partial charge in [-0.25, -0.2) is 0 Å². The van der Waals surface area contributed by atoms with Gasteiger partial charge < -0.3 is 5.32 Å². The summed E-state index contributed by atoms with van der Waals surface area (Å²) in [5, 5.41) is 2.81. The Morgan fingerprint density at radius 1 is 1.09 bits per heavy atom. The van der Waals surface area contributed by atoms with E-state index in [9.17, 15) is 0 Å². The highest BCUT2D eigenvalue weighted by Gasteiger charge is 1.85. The van der Waals surface area contributed by atoms with Crippen molar-refractivity contribution in [2.75, 3.05) is 7.05 Å². The van der Waals surface area contributed by atoms with Gasteiger partial charge >= 0.3 is 0 Å². The molecule has 11 heavy (non-hydrogen) atoms. The zero-order chi connectivity index (χ0) is 8.36. The fourth-order valence-electron chi connectivity index (χ4n) is 0.968. The predicted octanol–water partition coefficient (Wildman–Crippen LogP) is 2.53. The van der Waals surface area contributed by atoms with Crippen molar-refractivity contribution in [3.05, 3.63) is 0 Å². The van der Waals surface area contributed by atoms with E-state index in [2.05, 4.69) is 24.2 Å². The van der Waals surface area contributed by atoms with Gasteiger partial charge in [0, 0.05) is 19.5 Å². The maximum absolute atomic E-state index is 3.05. The molecule has 1 heteroatoms. The van der Waals surface area contributed by atoms with E-state index in [4.69, 9.17) is 0 Å². The van der Waals surface area contributed by atoms with E-state index in [1.807, 2.05) is 7.05 Å². The van der Waals surface area contributed by atoms with E-state index in [1.165, 1.54) is 32.1 Å². The molecule has 0 aliphatic rings. The molecule has 0 aliphatic heterocycles. The molecule has 1 nitrogen and oxygen atoms in total. The molecule has 0 aliphatic carbocycles. The van der Waals surface area contributed by atoms with Crippen LogP contribution < -0.4 is 5.32 Å². The van der Waals surface area contributed by atoms with E-state index >= 15 is 0 Å². The molecular weight excluding hydrogens is 134 g/mol. The van der Waals surface area contributed by atoms with Crippen LogP contribution in [0.4, 0.5) is 0 Å². The molecule has 1 N–H and O–H groups in total. The predicted molar refractivity (Wildman–Crippen MR) is 50.2 cm³/mol. The van der Waals surface area contributed by atoms with E-state index in [0.29, 0.717) is 0 Å². The van der Waals surface area contributed by atoms with Crippen LogP contribution in [0.2, 0.25) is 0 Å². The summed E-state index contributed by atoms with van der Waals surface area (Å²) >= 11 is 0. The Morgan fingerprint density at radius 2 is 1.82 bits per heavy atom. The van der Waals surface area contributed by atoms with Crippen molar-refractivity contribution < 1.29 is 0 Å². The third-order valence-electron chi connectivity index (χ3n) is 1.62. The van der Waals surface area contributed by atoms with Crippen LogP contribution in [0, 0.1) is 12.0 Å². The lowest BCUT2D eigenvalue weighted by molar-refractivity contribution is 0.641. The van der Waals surface area contributed by atoms with Crippen LogP contribution in [-0.4, -0.2) is 7.05 Å². The summed E-state index contributed by atoms with van der Waals surface area (Å²) in [5.74, 6) is 3.05. The molecule has 0 unspecified atom stereocenters. The Morgan fingerprint density at radius 3 is 2.45 bits per heavy atom. The molecule has 0 fully saturated rings. The van der Waals surface area contributed by atoms with E-state index in [1.54, 1.807) is 0 Å². The summed E-state index contributed by atoms with van der Waals surface area (Å²) in [5.41, 5.74) is 0. The van der Waals surface area contributed by atoms with Gasteiger partial charge in [0.25, 0.3) is 0 Å². The molecule has 0 heterocycles. The first-order valence-corrected chi connectivity index (χ1v) is 4.56. The van der Waals surface area contributed by atoms with Gasteiger partial charge in [0.05, 0.1) is 0 Å². The Labute approximate surface area is 70.6 Å². The number of hydrogen-bond acceptors (Lipinski definition) is 1. The summed E-state index contributed by atoms with van der Waals surface area (Å²) in [6.07, 6.45) is 7.71. The number of unbranched alkanes of at least 4 members (excludes halogenated alkanes) is 5. The van der Waals surface area contributed by atoms with Gasteiger partial charge in [-0.05, 0) is 6.42 Å². The van der Waals surface area contributed by atoms with E-state index in [-0.39, 0.29) is 0 Å². The molecular formula is C10H19N. The average molecular weight is 153 g/mol. The quantitative estimate of drug-likeness (QED) is 0.363. The number of nitrogens with one attached hydrogen (secondary N) is 1. The normalized spacial score (nSPS) is 8.55. The SMILES string of the molecule is CCCCCCCC#CNC. The lowest BCUT2D eigenvalue weighted by Crippen LogP contribution is -1.91. The highest BCUT2D eigenvalue weighted by Crippen LogP contribution is 2.03. The maximum atomic E-state index is 3.05. The summed E-state index contributed by atoms with van der Waals surface area (Å²) in [6.45, 7) is 2.24. The molecule has 0 amide bonds. The summed E-state index contributed by atoms with van der Waals surface area (Å²) in [7, 11) is 1.85. The minimum absolute atomic E-state index is 1.05. The summed E-state index contributed by atoms with van der Waals surface area (Å²) in [6, 6.07) is 2.84. The topological polar surface area (TPSA) is 12.0 Å². The Bertz CT molecular complexity index is 119. The molecule has 0 aromatic rings. The smallest absolute Gasteiger partial charge is 0.0116 e. The first kappa shape index (κ1) is 10.4.